The van der Waals surface area contributed by atoms with Crippen molar-refractivity contribution in [2.45, 2.75) is 6.92 Å². The molecule has 0 unspecified atom stereocenters. The Balaban J connectivity index is 1.49. The third-order valence-electron chi connectivity index (χ3n) is 4.52. The number of aryl methyl sites for hydroxylation is 1. The molecule has 0 radical (unpaired) electrons. The number of rotatable bonds is 3. The van der Waals surface area contributed by atoms with Gasteiger partial charge in [-0.15, -0.1) is 11.3 Å². The van der Waals surface area contributed by atoms with Crippen LogP contribution >= 0.6 is 11.3 Å². The predicted molar refractivity (Wildman–Crippen MR) is 102 cm³/mol. The molecule has 3 aromatic rings. The van der Waals surface area contributed by atoms with Crippen molar-refractivity contribution in [3.05, 3.63) is 58.6 Å². The van der Waals surface area contributed by atoms with Crippen molar-refractivity contribution < 1.29 is 9.18 Å². The number of hydrogen-bond acceptors (Lipinski definition) is 6. The van der Waals surface area contributed by atoms with Gasteiger partial charge >= 0.3 is 0 Å². The molecule has 8 heteroatoms. The maximum absolute atomic E-state index is 15.0. The van der Waals surface area contributed by atoms with E-state index in [1.807, 2.05) is 42.2 Å². The Morgan fingerprint density at radius 2 is 1.85 bits per heavy atom. The van der Waals surface area contributed by atoms with Gasteiger partial charge in [0.2, 0.25) is 0 Å². The van der Waals surface area contributed by atoms with Crippen LogP contribution in [0.5, 0.6) is 0 Å². The lowest BCUT2D eigenvalue weighted by molar-refractivity contribution is 0.0741. The van der Waals surface area contributed by atoms with E-state index >= 15 is 4.39 Å². The first kappa shape index (κ1) is 17.5. The van der Waals surface area contributed by atoms with E-state index in [-0.39, 0.29) is 17.4 Å². The Morgan fingerprint density at radius 1 is 1.11 bits per heavy atom. The predicted octanol–water partition coefficient (Wildman–Crippen LogP) is 3.01. The number of carbonyl (C=O) groups excluding carboxylic acids is 1. The van der Waals surface area contributed by atoms with E-state index in [9.17, 15) is 4.79 Å². The minimum absolute atomic E-state index is 0.0767. The number of aromatic nitrogens is 3. The monoisotopic (exact) mass is 383 g/mol. The molecular weight excluding hydrogens is 365 g/mol. The third-order valence-corrected chi connectivity index (χ3v) is 5.30. The van der Waals surface area contributed by atoms with Crippen LogP contribution in [0.2, 0.25) is 0 Å². The molecule has 3 heterocycles. The van der Waals surface area contributed by atoms with Crippen molar-refractivity contribution >= 4 is 23.1 Å². The molecule has 2 aromatic heterocycles. The molecule has 138 valence electrons. The van der Waals surface area contributed by atoms with Gasteiger partial charge in [0.1, 0.15) is 17.7 Å². The van der Waals surface area contributed by atoms with E-state index in [2.05, 4.69) is 15.0 Å². The van der Waals surface area contributed by atoms with Gasteiger partial charge in [-0.25, -0.2) is 19.3 Å². The number of amides is 1. The van der Waals surface area contributed by atoms with Gasteiger partial charge in [-0.2, -0.15) is 0 Å². The maximum Gasteiger partial charge on any atom is 0.273 e. The number of carbonyl (C=O) groups is 1. The Hall–Kier alpha value is -2.87. The fourth-order valence-corrected chi connectivity index (χ4v) is 3.71. The molecule has 1 aromatic carbocycles. The summed E-state index contributed by atoms with van der Waals surface area (Å²) in [5.74, 6) is -0.230. The van der Waals surface area contributed by atoms with Crippen molar-refractivity contribution in [1.82, 2.24) is 19.9 Å². The molecule has 6 nitrogen and oxygen atoms in total. The first-order valence-corrected chi connectivity index (χ1v) is 9.53. The summed E-state index contributed by atoms with van der Waals surface area (Å²) in [5, 5.41) is 2.65. The number of piperazine rings is 1. The number of benzene rings is 1. The van der Waals surface area contributed by atoms with Crippen LogP contribution in [0.3, 0.4) is 0 Å². The summed E-state index contributed by atoms with van der Waals surface area (Å²) in [6, 6.07) is 9.22. The lowest BCUT2D eigenvalue weighted by Crippen LogP contribution is -2.49. The Bertz CT molecular complexity index is 954. The summed E-state index contributed by atoms with van der Waals surface area (Å²) >= 11 is 1.46. The maximum atomic E-state index is 15.0. The zero-order chi connectivity index (χ0) is 18.8. The summed E-state index contributed by atoms with van der Waals surface area (Å²) < 4.78 is 15.0. The highest BCUT2D eigenvalue weighted by Gasteiger charge is 2.26. The molecule has 4 rings (SSSR count). The molecule has 0 bridgehead atoms. The standard InChI is InChI=1S/C19H18FN5OS/c1-13-23-15(11-27-13)19(26)25-9-7-24(8-10-25)18-16(20)17(21-12-22-18)14-5-3-2-4-6-14/h2-6,11-12H,7-10H2,1H3. The van der Waals surface area contributed by atoms with Crippen LogP contribution in [0.25, 0.3) is 11.3 Å². The summed E-state index contributed by atoms with van der Waals surface area (Å²) in [6.45, 7) is 3.90. The lowest BCUT2D eigenvalue weighted by atomic mass is 10.1. The first-order valence-electron chi connectivity index (χ1n) is 8.66. The van der Waals surface area contributed by atoms with Crippen LogP contribution in [0.1, 0.15) is 15.5 Å². The van der Waals surface area contributed by atoms with E-state index in [4.69, 9.17) is 0 Å². The highest BCUT2D eigenvalue weighted by molar-refractivity contribution is 7.09. The minimum atomic E-state index is -0.432. The van der Waals surface area contributed by atoms with Crippen molar-refractivity contribution in [3.63, 3.8) is 0 Å². The number of anilines is 1. The molecule has 0 aliphatic carbocycles. The average Bonchev–Trinajstić information content (AvgIpc) is 3.15. The normalized spacial score (nSPS) is 14.4. The van der Waals surface area contributed by atoms with Crippen molar-refractivity contribution in [1.29, 1.82) is 0 Å². The smallest absolute Gasteiger partial charge is 0.273 e. The number of halogens is 1. The van der Waals surface area contributed by atoms with Gasteiger partial charge in [-0.3, -0.25) is 4.79 Å². The quantitative estimate of drug-likeness (QED) is 0.696. The average molecular weight is 383 g/mol. The molecule has 1 saturated heterocycles. The fourth-order valence-electron chi connectivity index (χ4n) is 3.12. The Labute approximate surface area is 160 Å². The third kappa shape index (κ3) is 3.52. The molecule has 1 amide bonds. The van der Waals surface area contributed by atoms with E-state index in [0.29, 0.717) is 37.4 Å². The minimum Gasteiger partial charge on any atom is -0.351 e. The van der Waals surface area contributed by atoms with Gasteiger partial charge in [0.15, 0.2) is 11.6 Å². The first-order chi connectivity index (χ1) is 13.1. The molecule has 1 aliphatic rings. The van der Waals surface area contributed by atoms with Crippen molar-refractivity contribution in [3.8, 4) is 11.3 Å². The molecule has 0 atom stereocenters. The van der Waals surface area contributed by atoms with Crippen molar-refractivity contribution in [2.75, 3.05) is 31.1 Å². The summed E-state index contributed by atoms with van der Waals surface area (Å²) in [7, 11) is 0. The molecule has 0 spiro atoms. The molecule has 1 fully saturated rings. The van der Waals surface area contributed by atoms with Crippen LogP contribution in [-0.2, 0) is 0 Å². The Morgan fingerprint density at radius 3 is 2.52 bits per heavy atom. The summed E-state index contributed by atoms with van der Waals surface area (Å²) in [4.78, 5) is 28.6. The molecule has 27 heavy (non-hydrogen) atoms. The van der Waals surface area contributed by atoms with Crippen LogP contribution in [-0.4, -0.2) is 51.9 Å². The van der Waals surface area contributed by atoms with E-state index in [0.717, 1.165) is 5.01 Å². The van der Waals surface area contributed by atoms with Gasteiger partial charge < -0.3 is 9.80 Å². The summed E-state index contributed by atoms with van der Waals surface area (Å²) in [6.07, 6.45) is 1.39. The highest BCUT2D eigenvalue weighted by Crippen LogP contribution is 2.26. The lowest BCUT2D eigenvalue weighted by Gasteiger charge is -2.35. The second kappa shape index (κ2) is 7.40. The van der Waals surface area contributed by atoms with E-state index in [1.165, 1.54) is 17.7 Å². The number of thiazole rings is 1. The van der Waals surface area contributed by atoms with Gasteiger partial charge in [0, 0.05) is 37.1 Å². The van der Waals surface area contributed by atoms with Crippen LogP contribution in [0.4, 0.5) is 10.2 Å². The Kier molecular flexibility index (Phi) is 4.81. The number of hydrogen-bond donors (Lipinski definition) is 0. The van der Waals surface area contributed by atoms with Gasteiger partial charge in [-0.1, -0.05) is 30.3 Å². The van der Waals surface area contributed by atoms with Crippen LogP contribution in [0, 0.1) is 12.7 Å². The topological polar surface area (TPSA) is 62.2 Å². The SMILES string of the molecule is Cc1nc(C(=O)N2CCN(c3ncnc(-c4ccccc4)c3F)CC2)cs1. The molecule has 0 saturated carbocycles. The van der Waals surface area contributed by atoms with Crippen LogP contribution in [0.15, 0.2) is 42.0 Å². The number of nitrogens with zero attached hydrogens (tertiary/aromatic N) is 5. The van der Waals surface area contributed by atoms with Gasteiger partial charge in [-0.05, 0) is 6.92 Å². The zero-order valence-electron chi connectivity index (χ0n) is 14.8. The summed E-state index contributed by atoms with van der Waals surface area (Å²) in [5.41, 5.74) is 1.48. The molecule has 1 aliphatic heterocycles. The fraction of sp³-hybridized carbons (Fsp3) is 0.263. The van der Waals surface area contributed by atoms with E-state index in [1.54, 1.807) is 10.3 Å². The largest absolute Gasteiger partial charge is 0.351 e. The van der Waals surface area contributed by atoms with Crippen molar-refractivity contribution in [2.24, 2.45) is 0 Å². The van der Waals surface area contributed by atoms with E-state index < -0.39 is 5.82 Å². The van der Waals surface area contributed by atoms with Gasteiger partial charge in [0.05, 0.1) is 5.01 Å². The highest BCUT2D eigenvalue weighted by atomic mass is 32.1. The molecule has 0 N–H and O–H groups in total. The van der Waals surface area contributed by atoms with Gasteiger partial charge in [0.25, 0.3) is 5.91 Å². The second-order valence-corrected chi connectivity index (χ2v) is 7.32. The zero-order valence-corrected chi connectivity index (χ0v) is 15.6. The second-order valence-electron chi connectivity index (χ2n) is 6.26. The molecular formula is C19H18FN5OS. The van der Waals surface area contributed by atoms with Crippen LogP contribution < -0.4 is 4.90 Å².